The van der Waals surface area contributed by atoms with Gasteiger partial charge in [0.15, 0.2) is 0 Å². The molecule has 98 valence electrons. The summed E-state index contributed by atoms with van der Waals surface area (Å²) in [4.78, 5) is 0. The van der Waals surface area contributed by atoms with Crippen LogP contribution in [0.25, 0.3) is 0 Å². The summed E-state index contributed by atoms with van der Waals surface area (Å²) in [5.74, 6) is 0.319. The third-order valence-electron chi connectivity index (χ3n) is 2.19. The van der Waals surface area contributed by atoms with Gasteiger partial charge in [0.05, 0.1) is 18.6 Å². The molecule has 8 heteroatoms. The fourth-order valence-electron chi connectivity index (χ4n) is 1.28. The standard InChI is InChI=1S/C9H18N4O3S/c1-3-16-4-5-17(14,15)12-9-8(6-10)7-11-13(9)2/h7,12H,3-6,10H2,1-2H3. The number of hydrogen-bond donors (Lipinski definition) is 2. The van der Waals surface area contributed by atoms with E-state index >= 15 is 0 Å². The lowest BCUT2D eigenvalue weighted by molar-refractivity contribution is 0.163. The third-order valence-corrected chi connectivity index (χ3v) is 3.40. The van der Waals surface area contributed by atoms with E-state index in [1.54, 1.807) is 13.2 Å². The molecule has 0 radical (unpaired) electrons. The Bertz CT molecular complexity index is 455. The number of rotatable bonds is 7. The van der Waals surface area contributed by atoms with E-state index in [1.165, 1.54) is 4.68 Å². The van der Waals surface area contributed by atoms with Crippen molar-refractivity contribution >= 4 is 15.8 Å². The molecule has 0 aromatic carbocycles. The van der Waals surface area contributed by atoms with Crippen LogP contribution < -0.4 is 10.5 Å². The van der Waals surface area contributed by atoms with Crippen molar-refractivity contribution < 1.29 is 13.2 Å². The van der Waals surface area contributed by atoms with Crippen LogP contribution in [0.1, 0.15) is 12.5 Å². The normalized spacial score (nSPS) is 11.7. The first-order valence-electron chi connectivity index (χ1n) is 5.29. The predicted molar refractivity (Wildman–Crippen MR) is 65.0 cm³/mol. The van der Waals surface area contributed by atoms with E-state index in [-0.39, 0.29) is 18.9 Å². The van der Waals surface area contributed by atoms with Crippen LogP contribution in [-0.2, 0) is 28.4 Å². The second kappa shape index (κ2) is 5.99. The Hall–Kier alpha value is -1.12. The lowest BCUT2D eigenvalue weighted by Crippen LogP contribution is -2.22. The molecular weight excluding hydrogens is 244 g/mol. The summed E-state index contributed by atoms with van der Waals surface area (Å²) in [6, 6.07) is 0. The van der Waals surface area contributed by atoms with Gasteiger partial charge in [-0.2, -0.15) is 5.10 Å². The molecule has 0 aliphatic carbocycles. The largest absolute Gasteiger partial charge is 0.381 e. The molecule has 0 atom stereocenters. The Kier molecular flexibility index (Phi) is 4.91. The summed E-state index contributed by atoms with van der Waals surface area (Å²) < 4.78 is 32.4. The SMILES string of the molecule is CCOCCS(=O)(=O)Nc1c(CN)cnn1C. The van der Waals surface area contributed by atoms with Crippen LogP contribution in [-0.4, -0.2) is 37.2 Å². The van der Waals surface area contributed by atoms with E-state index in [0.29, 0.717) is 18.0 Å². The molecule has 1 aromatic rings. The third kappa shape index (κ3) is 3.99. The molecule has 0 amide bonds. The average molecular weight is 262 g/mol. The molecule has 0 spiro atoms. The van der Waals surface area contributed by atoms with Crippen LogP contribution >= 0.6 is 0 Å². The van der Waals surface area contributed by atoms with Crippen LogP contribution in [0.2, 0.25) is 0 Å². The number of nitrogens with zero attached hydrogens (tertiary/aromatic N) is 2. The maximum absolute atomic E-state index is 11.7. The van der Waals surface area contributed by atoms with Crippen molar-refractivity contribution in [2.75, 3.05) is 23.7 Å². The Morgan fingerprint density at radius 3 is 2.88 bits per heavy atom. The van der Waals surface area contributed by atoms with Gasteiger partial charge in [-0.1, -0.05) is 0 Å². The van der Waals surface area contributed by atoms with Gasteiger partial charge in [0.2, 0.25) is 10.0 Å². The lowest BCUT2D eigenvalue weighted by atomic mass is 10.3. The number of nitrogens with one attached hydrogen (secondary N) is 1. The highest BCUT2D eigenvalue weighted by atomic mass is 32.2. The molecule has 0 bridgehead atoms. The highest BCUT2D eigenvalue weighted by Gasteiger charge is 2.15. The summed E-state index contributed by atoms with van der Waals surface area (Å²) in [6.45, 7) is 2.71. The smallest absolute Gasteiger partial charge is 0.236 e. The summed E-state index contributed by atoms with van der Waals surface area (Å²) in [7, 11) is -1.77. The van der Waals surface area contributed by atoms with Gasteiger partial charge in [0, 0.05) is 25.8 Å². The van der Waals surface area contributed by atoms with Gasteiger partial charge >= 0.3 is 0 Å². The van der Waals surface area contributed by atoms with Crippen molar-refractivity contribution in [3.63, 3.8) is 0 Å². The zero-order chi connectivity index (χ0) is 12.9. The van der Waals surface area contributed by atoms with E-state index in [2.05, 4.69) is 9.82 Å². The van der Waals surface area contributed by atoms with Crippen LogP contribution in [0.3, 0.4) is 0 Å². The first kappa shape index (κ1) is 13.9. The summed E-state index contributed by atoms with van der Waals surface area (Å²) in [5.41, 5.74) is 6.15. The minimum atomic E-state index is -3.42. The zero-order valence-corrected chi connectivity index (χ0v) is 10.8. The van der Waals surface area contributed by atoms with Crippen molar-refractivity contribution in [3.8, 4) is 0 Å². The predicted octanol–water partition coefficient (Wildman–Crippen LogP) is -0.343. The van der Waals surface area contributed by atoms with Crippen molar-refractivity contribution in [1.82, 2.24) is 9.78 Å². The molecule has 0 saturated heterocycles. The highest BCUT2D eigenvalue weighted by Crippen LogP contribution is 2.14. The Balaban J connectivity index is 2.72. The maximum Gasteiger partial charge on any atom is 0.236 e. The van der Waals surface area contributed by atoms with E-state index in [0.717, 1.165) is 0 Å². The molecule has 0 saturated carbocycles. The minimum absolute atomic E-state index is 0.0873. The Labute approximate surface area is 101 Å². The molecule has 0 fully saturated rings. The number of aromatic nitrogens is 2. The second-order valence-electron chi connectivity index (χ2n) is 3.46. The van der Waals surface area contributed by atoms with Gasteiger partial charge < -0.3 is 10.5 Å². The summed E-state index contributed by atoms with van der Waals surface area (Å²) in [5, 5.41) is 3.95. The van der Waals surface area contributed by atoms with Crippen LogP contribution in [0.4, 0.5) is 5.82 Å². The Morgan fingerprint density at radius 2 is 2.29 bits per heavy atom. The maximum atomic E-state index is 11.7. The van der Waals surface area contributed by atoms with Crippen LogP contribution in [0.5, 0.6) is 0 Å². The number of anilines is 1. The quantitative estimate of drug-likeness (QED) is 0.655. The van der Waals surface area contributed by atoms with Crippen LogP contribution in [0, 0.1) is 0 Å². The Morgan fingerprint density at radius 1 is 1.59 bits per heavy atom. The molecule has 1 heterocycles. The number of nitrogens with two attached hydrogens (primary N) is 1. The molecule has 3 N–H and O–H groups in total. The number of hydrogen-bond acceptors (Lipinski definition) is 5. The van der Waals surface area contributed by atoms with Gasteiger partial charge in [-0.15, -0.1) is 0 Å². The van der Waals surface area contributed by atoms with E-state index in [1.807, 2.05) is 6.92 Å². The van der Waals surface area contributed by atoms with Gasteiger partial charge in [0.1, 0.15) is 5.82 Å². The average Bonchev–Trinajstić information content (AvgIpc) is 2.60. The number of ether oxygens (including phenoxy) is 1. The number of sulfonamides is 1. The van der Waals surface area contributed by atoms with Gasteiger partial charge in [-0.3, -0.25) is 9.40 Å². The molecule has 0 aliphatic heterocycles. The van der Waals surface area contributed by atoms with Crippen molar-refractivity contribution in [2.24, 2.45) is 12.8 Å². The molecule has 0 aliphatic rings. The van der Waals surface area contributed by atoms with Crippen molar-refractivity contribution in [2.45, 2.75) is 13.5 Å². The van der Waals surface area contributed by atoms with E-state index < -0.39 is 10.0 Å². The molecule has 7 nitrogen and oxygen atoms in total. The zero-order valence-electron chi connectivity index (χ0n) is 10.0. The summed E-state index contributed by atoms with van der Waals surface area (Å²) in [6.07, 6.45) is 1.54. The molecule has 1 aromatic heterocycles. The van der Waals surface area contributed by atoms with E-state index in [9.17, 15) is 8.42 Å². The first-order chi connectivity index (χ1) is 8.00. The minimum Gasteiger partial charge on any atom is -0.381 e. The topological polar surface area (TPSA) is 99.2 Å². The highest BCUT2D eigenvalue weighted by molar-refractivity contribution is 7.92. The van der Waals surface area contributed by atoms with Crippen molar-refractivity contribution in [3.05, 3.63) is 11.8 Å². The van der Waals surface area contributed by atoms with Gasteiger partial charge in [0.25, 0.3) is 0 Å². The molecular formula is C9H18N4O3S. The van der Waals surface area contributed by atoms with Crippen molar-refractivity contribution in [1.29, 1.82) is 0 Å². The first-order valence-corrected chi connectivity index (χ1v) is 6.94. The van der Waals surface area contributed by atoms with Gasteiger partial charge in [-0.25, -0.2) is 8.42 Å². The fraction of sp³-hybridized carbons (Fsp3) is 0.667. The molecule has 17 heavy (non-hydrogen) atoms. The number of aryl methyl sites for hydroxylation is 1. The monoisotopic (exact) mass is 262 g/mol. The second-order valence-corrected chi connectivity index (χ2v) is 5.31. The molecule has 1 rings (SSSR count). The fourth-order valence-corrected chi connectivity index (χ4v) is 2.27. The lowest BCUT2D eigenvalue weighted by Gasteiger charge is -2.09. The van der Waals surface area contributed by atoms with Crippen LogP contribution in [0.15, 0.2) is 6.20 Å². The van der Waals surface area contributed by atoms with E-state index in [4.69, 9.17) is 10.5 Å². The summed E-state index contributed by atoms with van der Waals surface area (Å²) >= 11 is 0. The van der Waals surface area contributed by atoms with Gasteiger partial charge in [-0.05, 0) is 6.92 Å². The molecule has 0 unspecified atom stereocenters.